The highest BCUT2D eigenvalue weighted by molar-refractivity contribution is 8.00. The van der Waals surface area contributed by atoms with Gasteiger partial charge < -0.3 is 0 Å². The summed E-state index contributed by atoms with van der Waals surface area (Å²) < 4.78 is 1.64. The molecular weight excluding hydrogens is 172 g/mol. The molecule has 0 saturated carbocycles. The first kappa shape index (κ1) is 7.86. The van der Waals surface area contributed by atoms with Gasteiger partial charge in [-0.05, 0) is 6.07 Å². The minimum Gasteiger partial charge on any atom is -0.292 e. The van der Waals surface area contributed by atoms with Gasteiger partial charge >= 0.3 is 0 Å². The van der Waals surface area contributed by atoms with Crippen molar-refractivity contribution in [3.05, 3.63) is 18.0 Å². The predicted molar refractivity (Wildman–Crippen MR) is 48.4 cm³/mol. The molecule has 2 rings (SSSR count). The van der Waals surface area contributed by atoms with Crippen molar-refractivity contribution >= 4 is 17.5 Å². The fourth-order valence-electron chi connectivity index (χ4n) is 1.21. The summed E-state index contributed by atoms with van der Waals surface area (Å²) in [6, 6.07) is 1.78. The van der Waals surface area contributed by atoms with Gasteiger partial charge in [-0.3, -0.25) is 9.48 Å². The average molecular weight is 182 g/mol. The van der Waals surface area contributed by atoms with Crippen LogP contribution >= 0.6 is 11.8 Å². The molecule has 12 heavy (non-hydrogen) atoms. The Morgan fingerprint density at radius 2 is 2.50 bits per heavy atom. The Hall–Kier alpha value is -0.770. The van der Waals surface area contributed by atoms with Crippen molar-refractivity contribution in [1.29, 1.82) is 0 Å². The van der Waals surface area contributed by atoms with Crippen LogP contribution in [0.25, 0.3) is 0 Å². The summed E-state index contributed by atoms with van der Waals surface area (Å²) in [5.74, 6) is 2.44. The largest absolute Gasteiger partial charge is 0.292 e. The Morgan fingerprint density at radius 3 is 2.92 bits per heavy atom. The molecule has 1 aliphatic heterocycles. The normalized spacial score (nSPS) is 17.4. The molecule has 0 aliphatic carbocycles. The highest BCUT2D eigenvalue weighted by Crippen LogP contribution is 2.27. The van der Waals surface area contributed by atoms with Gasteiger partial charge in [0.05, 0.1) is 0 Å². The monoisotopic (exact) mass is 182 g/mol. The molecule has 1 fully saturated rings. The first-order chi connectivity index (χ1) is 5.79. The van der Waals surface area contributed by atoms with E-state index in [9.17, 15) is 4.79 Å². The lowest BCUT2D eigenvalue weighted by Gasteiger charge is -2.22. The molecule has 1 saturated heterocycles. The number of hydrogen-bond acceptors (Lipinski definition) is 3. The zero-order valence-corrected chi connectivity index (χ0v) is 7.67. The van der Waals surface area contributed by atoms with Crippen molar-refractivity contribution < 1.29 is 4.79 Å². The molecule has 1 aliphatic rings. The Labute approximate surface area is 75.1 Å². The van der Waals surface area contributed by atoms with Crippen molar-refractivity contribution in [1.82, 2.24) is 9.78 Å². The van der Waals surface area contributed by atoms with Crippen LogP contribution in [0.5, 0.6) is 0 Å². The van der Waals surface area contributed by atoms with Gasteiger partial charge in [0.2, 0.25) is 0 Å². The average Bonchev–Trinajstić information content (AvgIpc) is 2.31. The van der Waals surface area contributed by atoms with Crippen LogP contribution < -0.4 is 0 Å². The second kappa shape index (κ2) is 2.94. The first-order valence-electron chi connectivity index (χ1n) is 3.89. The van der Waals surface area contributed by atoms with E-state index in [0.717, 1.165) is 17.2 Å². The number of hydrogen-bond donors (Lipinski definition) is 0. The predicted octanol–water partition coefficient (Wildman–Crippen LogP) is 0.966. The molecule has 0 atom stereocenters. The smallest absolute Gasteiger partial charge is 0.185 e. The van der Waals surface area contributed by atoms with Gasteiger partial charge in [-0.1, -0.05) is 0 Å². The van der Waals surface area contributed by atoms with Gasteiger partial charge in [-0.2, -0.15) is 16.9 Å². The zero-order valence-electron chi connectivity index (χ0n) is 6.86. The van der Waals surface area contributed by atoms with Crippen molar-refractivity contribution in [2.24, 2.45) is 13.0 Å². The molecule has 0 spiro atoms. The minimum absolute atomic E-state index is 0.241. The number of Topliss-reactive ketones (excluding diaryl/α,β-unsaturated/α-hetero) is 1. The second-order valence-corrected chi connectivity index (χ2v) is 4.01. The summed E-state index contributed by atoms with van der Waals surface area (Å²) in [6.07, 6.45) is 1.67. The maximum Gasteiger partial charge on any atom is 0.185 e. The topological polar surface area (TPSA) is 34.9 Å². The van der Waals surface area contributed by atoms with E-state index in [1.807, 2.05) is 11.8 Å². The highest BCUT2D eigenvalue weighted by Gasteiger charge is 2.28. The third-order valence-corrected chi connectivity index (χ3v) is 3.36. The Kier molecular flexibility index (Phi) is 1.92. The number of nitrogens with zero attached hydrogens (tertiary/aromatic N) is 2. The van der Waals surface area contributed by atoms with Crippen LogP contribution in [0.15, 0.2) is 12.3 Å². The van der Waals surface area contributed by atoms with E-state index in [1.54, 1.807) is 24.0 Å². The number of aromatic nitrogens is 2. The molecule has 0 radical (unpaired) electrons. The first-order valence-corrected chi connectivity index (χ1v) is 5.04. The van der Waals surface area contributed by atoms with Crippen molar-refractivity contribution in [3.8, 4) is 0 Å². The van der Waals surface area contributed by atoms with Gasteiger partial charge in [-0.15, -0.1) is 0 Å². The van der Waals surface area contributed by atoms with Crippen molar-refractivity contribution in [2.75, 3.05) is 11.5 Å². The molecular formula is C8H10N2OS. The lowest BCUT2D eigenvalue weighted by Crippen LogP contribution is -2.29. The molecule has 0 N–H and O–H groups in total. The molecule has 0 unspecified atom stereocenters. The number of aryl methyl sites for hydroxylation is 1. The third kappa shape index (κ3) is 1.16. The molecule has 64 valence electrons. The molecule has 2 heterocycles. The second-order valence-electron chi connectivity index (χ2n) is 2.94. The molecule has 0 amide bonds. The van der Waals surface area contributed by atoms with E-state index >= 15 is 0 Å². The van der Waals surface area contributed by atoms with E-state index in [0.29, 0.717) is 0 Å². The van der Waals surface area contributed by atoms with Crippen LogP contribution in [0.1, 0.15) is 10.5 Å². The van der Waals surface area contributed by atoms with E-state index in [4.69, 9.17) is 0 Å². The maximum atomic E-state index is 11.6. The van der Waals surface area contributed by atoms with Crippen LogP contribution in [0, 0.1) is 5.92 Å². The van der Waals surface area contributed by atoms with Crippen LogP contribution in [-0.4, -0.2) is 27.1 Å². The van der Waals surface area contributed by atoms with E-state index in [1.165, 1.54) is 0 Å². The van der Waals surface area contributed by atoms with E-state index in [-0.39, 0.29) is 11.7 Å². The van der Waals surface area contributed by atoms with E-state index < -0.39 is 0 Å². The number of carbonyl (C=O) groups is 1. The van der Waals surface area contributed by atoms with Crippen LogP contribution in [-0.2, 0) is 7.05 Å². The lowest BCUT2D eigenvalue weighted by atomic mass is 10.1. The SMILES string of the molecule is Cn1nccc1C(=O)C1CSC1. The summed E-state index contributed by atoms with van der Waals surface area (Å²) in [7, 11) is 1.80. The minimum atomic E-state index is 0.241. The summed E-state index contributed by atoms with van der Waals surface area (Å²) in [5, 5.41) is 3.97. The number of ketones is 1. The maximum absolute atomic E-state index is 11.6. The molecule has 0 aromatic carbocycles. The molecule has 0 bridgehead atoms. The molecule has 1 aromatic heterocycles. The summed E-state index contributed by atoms with van der Waals surface area (Å²) in [5.41, 5.74) is 0.736. The fourth-order valence-corrected chi connectivity index (χ4v) is 1.99. The number of thioether (sulfide) groups is 1. The van der Waals surface area contributed by atoms with Gasteiger partial charge in [0.25, 0.3) is 0 Å². The Balaban J connectivity index is 2.19. The lowest BCUT2D eigenvalue weighted by molar-refractivity contribution is 0.0929. The van der Waals surface area contributed by atoms with Crippen LogP contribution in [0.2, 0.25) is 0 Å². The summed E-state index contributed by atoms with van der Waals surface area (Å²) in [4.78, 5) is 11.6. The summed E-state index contributed by atoms with van der Waals surface area (Å²) in [6.45, 7) is 0. The quantitative estimate of drug-likeness (QED) is 0.639. The van der Waals surface area contributed by atoms with Crippen molar-refractivity contribution in [2.45, 2.75) is 0 Å². The van der Waals surface area contributed by atoms with Crippen LogP contribution in [0.4, 0.5) is 0 Å². The fraction of sp³-hybridized carbons (Fsp3) is 0.500. The molecule has 1 aromatic rings. The van der Waals surface area contributed by atoms with Gasteiger partial charge in [-0.25, -0.2) is 0 Å². The molecule has 3 nitrogen and oxygen atoms in total. The van der Waals surface area contributed by atoms with Gasteiger partial charge in [0.1, 0.15) is 5.69 Å². The van der Waals surface area contributed by atoms with Crippen LogP contribution in [0.3, 0.4) is 0 Å². The molecule has 4 heteroatoms. The third-order valence-electron chi connectivity index (χ3n) is 2.08. The van der Waals surface area contributed by atoms with Crippen molar-refractivity contribution in [3.63, 3.8) is 0 Å². The van der Waals surface area contributed by atoms with Gasteiger partial charge in [0, 0.05) is 30.7 Å². The zero-order chi connectivity index (χ0) is 8.55. The van der Waals surface area contributed by atoms with Gasteiger partial charge in [0.15, 0.2) is 5.78 Å². The summed E-state index contributed by atoms with van der Waals surface area (Å²) >= 11 is 1.83. The highest BCUT2D eigenvalue weighted by atomic mass is 32.2. The Bertz CT molecular complexity index is 304. The number of rotatable bonds is 2. The standard InChI is InChI=1S/C8H10N2OS/c1-10-7(2-3-9-10)8(11)6-4-12-5-6/h2-3,6H,4-5H2,1H3. The number of carbonyl (C=O) groups excluding carboxylic acids is 1. The van der Waals surface area contributed by atoms with E-state index in [2.05, 4.69) is 5.10 Å². The Morgan fingerprint density at radius 1 is 1.75 bits per heavy atom.